The van der Waals surface area contributed by atoms with Gasteiger partial charge < -0.3 is 19.3 Å². The van der Waals surface area contributed by atoms with E-state index in [4.69, 9.17) is 9.47 Å². The summed E-state index contributed by atoms with van der Waals surface area (Å²) < 4.78 is 12.7. The number of hydrogen-bond acceptors (Lipinski definition) is 7. The summed E-state index contributed by atoms with van der Waals surface area (Å²) in [5.74, 6) is 2.02. The lowest BCUT2D eigenvalue weighted by Crippen LogP contribution is -2.52. The Morgan fingerprint density at radius 3 is 2.30 bits per heavy atom. The summed E-state index contributed by atoms with van der Waals surface area (Å²) in [5.41, 5.74) is 0.900. The van der Waals surface area contributed by atoms with Crippen molar-refractivity contribution in [3.63, 3.8) is 0 Å². The molecule has 1 aromatic heterocycles. The minimum atomic E-state index is -0.570. The number of amides is 1. The van der Waals surface area contributed by atoms with Crippen LogP contribution in [0.15, 0.2) is 54.6 Å². The normalized spacial score (nSPS) is 15.0. The van der Waals surface area contributed by atoms with Crippen molar-refractivity contribution in [2.45, 2.75) is 13.0 Å². The zero-order chi connectivity index (χ0) is 20.9. The van der Waals surface area contributed by atoms with Crippen LogP contribution in [0.1, 0.15) is 6.92 Å². The van der Waals surface area contributed by atoms with Crippen LogP contribution in [-0.2, 0) is 4.79 Å². The Morgan fingerprint density at radius 1 is 0.967 bits per heavy atom. The summed E-state index contributed by atoms with van der Waals surface area (Å²) >= 11 is 0. The largest absolute Gasteiger partial charge is 0.497 e. The maximum atomic E-state index is 12.8. The Morgan fingerprint density at radius 2 is 1.63 bits per heavy atom. The highest BCUT2D eigenvalue weighted by molar-refractivity contribution is 5.81. The van der Waals surface area contributed by atoms with E-state index >= 15 is 0 Å². The monoisotopic (exact) mass is 408 g/mol. The Balaban J connectivity index is 1.35. The van der Waals surface area contributed by atoms with Crippen LogP contribution in [0, 0.1) is 0 Å². The van der Waals surface area contributed by atoms with Gasteiger partial charge in [0.25, 0.3) is 5.91 Å². The molecule has 3 aromatic rings. The Kier molecular flexibility index (Phi) is 5.78. The lowest BCUT2D eigenvalue weighted by atomic mass is 10.2. The number of ether oxygens (including phenoxy) is 2. The number of para-hydroxylation sites is 1. The highest BCUT2D eigenvalue weighted by Gasteiger charge is 2.28. The number of rotatable bonds is 6. The van der Waals surface area contributed by atoms with E-state index in [1.807, 2.05) is 47.4 Å². The van der Waals surface area contributed by atoms with Gasteiger partial charge in [-0.15, -0.1) is 0 Å². The van der Waals surface area contributed by atoms with E-state index in [-0.39, 0.29) is 5.91 Å². The third kappa shape index (κ3) is 4.19. The van der Waals surface area contributed by atoms with Crippen molar-refractivity contribution in [2.75, 3.05) is 38.2 Å². The first-order chi connectivity index (χ1) is 14.7. The zero-order valence-electron chi connectivity index (χ0n) is 17.0. The molecule has 1 amide bonds. The minimum Gasteiger partial charge on any atom is -0.497 e. The van der Waals surface area contributed by atoms with Crippen LogP contribution in [0.4, 0.5) is 5.95 Å². The summed E-state index contributed by atoms with van der Waals surface area (Å²) in [6.07, 6.45) is -0.570. The smallest absolute Gasteiger partial charge is 0.263 e. The van der Waals surface area contributed by atoms with Gasteiger partial charge in [0.2, 0.25) is 5.95 Å². The van der Waals surface area contributed by atoms with Crippen LogP contribution in [0.5, 0.6) is 11.5 Å². The van der Waals surface area contributed by atoms with E-state index in [0.29, 0.717) is 37.9 Å². The molecule has 0 bridgehead atoms. The lowest BCUT2D eigenvalue weighted by molar-refractivity contribution is -0.138. The molecule has 1 saturated heterocycles. The van der Waals surface area contributed by atoms with E-state index in [1.165, 1.54) is 0 Å². The fraction of sp³-hybridized carbons (Fsp3) is 0.333. The summed E-state index contributed by atoms with van der Waals surface area (Å²) in [4.78, 5) is 16.7. The molecular weight excluding hydrogens is 384 g/mol. The van der Waals surface area contributed by atoms with E-state index in [0.717, 1.165) is 11.4 Å². The second-order valence-corrected chi connectivity index (χ2v) is 6.97. The maximum Gasteiger partial charge on any atom is 0.263 e. The van der Waals surface area contributed by atoms with Gasteiger partial charge >= 0.3 is 0 Å². The van der Waals surface area contributed by atoms with E-state index in [9.17, 15) is 4.79 Å². The number of hydrogen-bond donors (Lipinski definition) is 0. The van der Waals surface area contributed by atoms with Gasteiger partial charge in [0.15, 0.2) is 6.10 Å². The molecule has 30 heavy (non-hydrogen) atoms. The van der Waals surface area contributed by atoms with Crippen molar-refractivity contribution in [3.8, 4) is 17.2 Å². The maximum absolute atomic E-state index is 12.8. The molecule has 0 aliphatic carbocycles. The average molecular weight is 408 g/mol. The van der Waals surface area contributed by atoms with Gasteiger partial charge in [-0.2, -0.15) is 4.68 Å². The number of anilines is 1. The minimum absolute atomic E-state index is 0.0341. The van der Waals surface area contributed by atoms with Crippen molar-refractivity contribution in [2.24, 2.45) is 0 Å². The molecule has 1 fully saturated rings. The van der Waals surface area contributed by atoms with E-state index in [1.54, 1.807) is 30.8 Å². The first kappa shape index (κ1) is 19.7. The second-order valence-electron chi connectivity index (χ2n) is 6.97. The van der Waals surface area contributed by atoms with Crippen LogP contribution >= 0.6 is 0 Å². The van der Waals surface area contributed by atoms with Gasteiger partial charge in [0.05, 0.1) is 12.8 Å². The number of benzene rings is 2. The quantitative estimate of drug-likeness (QED) is 0.615. The molecule has 0 N–H and O–H groups in total. The fourth-order valence-electron chi connectivity index (χ4n) is 3.41. The SMILES string of the molecule is COc1ccc(OC(C)C(=O)N2CCN(c3nnnn3-c3ccccc3)CC2)cc1. The van der Waals surface area contributed by atoms with Gasteiger partial charge in [0.1, 0.15) is 11.5 Å². The van der Waals surface area contributed by atoms with Crippen LogP contribution in [-0.4, -0.2) is 70.4 Å². The standard InChI is InChI=1S/C21H24N6O3/c1-16(30-19-10-8-18(29-2)9-11-19)20(28)25-12-14-26(15-13-25)21-22-23-24-27(21)17-6-4-3-5-7-17/h3-11,16H,12-15H2,1-2H3. The average Bonchev–Trinajstić information content (AvgIpc) is 3.30. The molecule has 4 rings (SSSR count). The first-order valence-electron chi connectivity index (χ1n) is 9.84. The number of nitrogens with zero attached hydrogens (tertiary/aromatic N) is 6. The number of tetrazole rings is 1. The van der Waals surface area contributed by atoms with Gasteiger partial charge in [-0.05, 0) is 53.7 Å². The van der Waals surface area contributed by atoms with Gasteiger partial charge in [-0.3, -0.25) is 4.79 Å². The number of carbonyl (C=O) groups is 1. The molecule has 156 valence electrons. The third-order valence-corrected chi connectivity index (χ3v) is 5.05. The molecule has 2 aromatic carbocycles. The molecule has 1 aliphatic heterocycles. The molecule has 1 atom stereocenters. The molecule has 2 heterocycles. The molecular formula is C21H24N6O3. The van der Waals surface area contributed by atoms with Crippen LogP contribution in [0.25, 0.3) is 5.69 Å². The molecule has 0 spiro atoms. The first-order valence-corrected chi connectivity index (χ1v) is 9.84. The molecule has 9 heteroatoms. The summed E-state index contributed by atoms with van der Waals surface area (Å²) in [7, 11) is 1.61. The zero-order valence-corrected chi connectivity index (χ0v) is 17.0. The van der Waals surface area contributed by atoms with E-state index in [2.05, 4.69) is 20.4 Å². The predicted molar refractivity (Wildman–Crippen MR) is 111 cm³/mol. The van der Waals surface area contributed by atoms with Crippen LogP contribution < -0.4 is 14.4 Å². The molecule has 1 unspecified atom stereocenters. The van der Waals surface area contributed by atoms with Crippen molar-refractivity contribution in [1.29, 1.82) is 0 Å². The van der Waals surface area contributed by atoms with Crippen molar-refractivity contribution >= 4 is 11.9 Å². The van der Waals surface area contributed by atoms with Crippen molar-refractivity contribution in [3.05, 3.63) is 54.6 Å². The van der Waals surface area contributed by atoms with Gasteiger partial charge in [-0.1, -0.05) is 23.3 Å². The summed E-state index contributed by atoms with van der Waals surface area (Å²) in [5, 5.41) is 12.1. The highest BCUT2D eigenvalue weighted by Crippen LogP contribution is 2.20. The number of aromatic nitrogens is 4. The third-order valence-electron chi connectivity index (χ3n) is 5.05. The number of methoxy groups -OCH3 is 1. The Bertz CT molecular complexity index is 968. The lowest BCUT2D eigenvalue weighted by Gasteiger charge is -2.35. The van der Waals surface area contributed by atoms with E-state index < -0.39 is 6.10 Å². The molecule has 1 aliphatic rings. The van der Waals surface area contributed by atoms with Gasteiger partial charge in [0, 0.05) is 26.2 Å². The second kappa shape index (κ2) is 8.81. The topological polar surface area (TPSA) is 85.6 Å². The van der Waals surface area contributed by atoms with Crippen LogP contribution in [0.2, 0.25) is 0 Å². The predicted octanol–water partition coefficient (Wildman–Crippen LogP) is 1.79. The number of carbonyl (C=O) groups excluding carboxylic acids is 1. The Labute approximate surface area is 174 Å². The summed E-state index contributed by atoms with van der Waals surface area (Å²) in [6.45, 7) is 4.23. The van der Waals surface area contributed by atoms with Crippen LogP contribution in [0.3, 0.4) is 0 Å². The fourth-order valence-corrected chi connectivity index (χ4v) is 3.41. The van der Waals surface area contributed by atoms with Gasteiger partial charge in [-0.25, -0.2) is 0 Å². The van der Waals surface area contributed by atoms with Crippen molar-refractivity contribution in [1.82, 2.24) is 25.1 Å². The highest BCUT2D eigenvalue weighted by atomic mass is 16.5. The molecule has 9 nitrogen and oxygen atoms in total. The molecule has 0 radical (unpaired) electrons. The summed E-state index contributed by atoms with van der Waals surface area (Å²) in [6, 6.07) is 17.0. The number of piperazine rings is 1. The Hall–Kier alpha value is -3.62. The van der Waals surface area contributed by atoms with Crippen molar-refractivity contribution < 1.29 is 14.3 Å². The molecule has 0 saturated carbocycles.